The van der Waals surface area contributed by atoms with E-state index >= 15 is 0 Å². The molecule has 182 valence electrons. The Morgan fingerprint density at radius 2 is 1.11 bits per heavy atom. The van der Waals surface area contributed by atoms with Gasteiger partial charge >= 0.3 is 0 Å². The van der Waals surface area contributed by atoms with E-state index < -0.39 is 0 Å². The highest BCUT2D eigenvalue weighted by Crippen LogP contribution is 2.33. The van der Waals surface area contributed by atoms with Crippen LogP contribution >= 0.6 is 0 Å². The minimum Gasteiger partial charge on any atom is -0.296 e. The molecule has 0 aliphatic carbocycles. The average Bonchev–Trinajstić information content (AvgIpc) is 3.12. The van der Waals surface area contributed by atoms with E-state index in [1.54, 1.807) is 0 Å². The fourth-order valence-electron chi connectivity index (χ4n) is 5.84. The molecular weight excluding hydrogens is 440 g/mol. The third-order valence-electron chi connectivity index (χ3n) is 7.82. The summed E-state index contributed by atoms with van der Waals surface area (Å²) in [6.07, 6.45) is 6.52. The molecule has 2 aliphatic heterocycles. The van der Waals surface area contributed by atoms with Crippen LogP contribution in [0, 0.1) is 13.8 Å². The molecule has 2 unspecified atom stereocenters. The largest absolute Gasteiger partial charge is 0.296 e. The maximum Gasteiger partial charge on any atom is 0.0705 e. The van der Waals surface area contributed by atoms with Crippen LogP contribution < -0.4 is 0 Å². The highest BCUT2D eigenvalue weighted by Gasteiger charge is 2.39. The van der Waals surface area contributed by atoms with Gasteiger partial charge in [0, 0.05) is 61.8 Å². The summed E-state index contributed by atoms with van der Waals surface area (Å²) in [5, 5.41) is 0. The first-order valence-electron chi connectivity index (χ1n) is 13.1. The summed E-state index contributed by atoms with van der Waals surface area (Å²) in [6.45, 7) is 8.52. The Hall–Kier alpha value is -3.34. The van der Waals surface area contributed by atoms with E-state index in [1.165, 1.54) is 46.2 Å². The standard InChI is InChI=1S/C32H34N4/c1-23-3-7-27(8-4-23)31-17-25(13-15-33-31)19-35-21-29-11-12-30(22-35)36(29)20-26-14-16-34-32(18-26)28-9-5-24(2)6-10-28/h3-10,13-18,29-30H,11-12,19-22H2,1-2H3. The lowest BCUT2D eigenvalue weighted by molar-refractivity contribution is 0.0567. The quantitative estimate of drug-likeness (QED) is 0.329. The van der Waals surface area contributed by atoms with Gasteiger partial charge in [0.15, 0.2) is 0 Å². The second-order valence-corrected chi connectivity index (χ2v) is 10.6. The van der Waals surface area contributed by atoms with Crippen molar-refractivity contribution in [2.45, 2.75) is 51.9 Å². The molecule has 2 aliphatic rings. The predicted octanol–water partition coefficient (Wildman–Crippen LogP) is 6.28. The number of fused-ring (bicyclic) bond motifs is 2. The maximum absolute atomic E-state index is 4.65. The van der Waals surface area contributed by atoms with Gasteiger partial charge in [-0.05, 0) is 62.1 Å². The number of nitrogens with zero attached hydrogens (tertiary/aromatic N) is 4. The molecule has 0 radical (unpaired) electrons. The van der Waals surface area contributed by atoms with Gasteiger partial charge in [-0.25, -0.2) is 0 Å². The first kappa shape index (κ1) is 23.1. The molecule has 36 heavy (non-hydrogen) atoms. The smallest absolute Gasteiger partial charge is 0.0705 e. The van der Waals surface area contributed by atoms with E-state index in [0.29, 0.717) is 12.1 Å². The molecular formula is C32H34N4. The number of hydrogen-bond acceptors (Lipinski definition) is 4. The molecule has 2 bridgehead atoms. The maximum atomic E-state index is 4.65. The van der Waals surface area contributed by atoms with Gasteiger partial charge in [-0.1, -0.05) is 59.7 Å². The van der Waals surface area contributed by atoms with Crippen molar-refractivity contribution in [1.29, 1.82) is 0 Å². The molecule has 4 heteroatoms. The van der Waals surface area contributed by atoms with Crippen LogP contribution in [-0.4, -0.2) is 44.9 Å². The van der Waals surface area contributed by atoms with E-state index in [1.807, 2.05) is 12.4 Å². The Bertz CT molecular complexity index is 1320. The van der Waals surface area contributed by atoms with E-state index in [0.717, 1.165) is 37.6 Å². The summed E-state index contributed by atoms with van der Waals surface area (Å²) in [7, 11) is 0. The van der Waals surface area contributed by atoms with Crippen molar-refractivity contribution < 1.29 is 0 Å². The molecule has 0 amide bonds. The van der Waals surface area contributed by atoms with E-state index in [2.05, 4.69) is 106 Å². The third kappa shape index (κ3) is 4.97. The van der Waals surface area contributed by atoms with Crippen LogP contribution in [0.2, 0.25) is 0 Å². The second kappa shape index (κ2) is 9.96. The van der Waals surface area contributed by atoms with E-state index in [-0.39, 0.29) is 0 Å². The lowest BCUT2D eigenvalue weighted by Crippen LogP contribution is -2.52. The van der Waals surface area contributed by atoms with Gasteiger partial charge in [0.2, 0.25) is 0 Å². The monoisotopic (exact) mass is 474 g/mol. The number of likely N-dealkylation sites (tertiary alicyclic amines) is 1. The van der Waals surface area contributed by atoms with Crippen molar-refractivity contribution in [2.75, 3.05) is 13.1 Å². The summed E-state index contributed by atoms with van der Waals surface area (Å²) in [5.41, 5.74) is 9.79. The van der Waals surface area contributed by atoms with Gasteiger partial charge in [0.05, 0.1) is 11.4 Å². The van der Waals surface area contributed by atoms with Crippen LogP contribution in [-0.2, 0) is 13.1 Å². The van der Waals surface area contributed by atoms with Crippen molar-refractivity contribution >= 4 is 0 Å². The van der Waals surface area contributed by atoms with Crippen LogP contribution in [0.3, 0.4) is 0 Å². The van der Waals surface area contributed by atoms with Crippen LogP contribution in [0.4, 0.5) is 0 Å². The highest BCUT2D eigenvalue weighted by molar-refractivity contribution is 5.60. The van der Waals surface area contributed by atoms with Crippen LogP contribution in [0.1, 0.15) is 35.1 Å². The van der Waals surface area contributed by atoms with Gasteiger partial charge in [-0.3, -0.25) is 19.8 Å². The minimum atomic E-state index is 0.623. The summed E-state index contributed by atoms with van der Waals surface area (Å²) >= 11 is 0. The zero-order valence-corrected chi connectivity index (χ0v) is 21.3. The summed E-state index contributed by atoms with van der Waals surface area (Å²) in [6, 6.07) is 27.5. The Morgan fingerprint density at radius 3 is 1.61 bits per heavy atom. The third-order valence-corrected chi connectivity index (χ3v) is 7.82. The summed E-state index contributed by atoms with van der Waals surface area (Å²) in [5.74, 6) is 0. The number of hydrogen-bond donors (Lipinski definition) is 0. The van der Waals surface area contributed by atoms with E-state index in [4.69, 9.17) is 0 Å². The number of benzene rings is 2. The number of aryl methyl sites for hydroxylation is 2. The fourth-order valence-corrected chi connectivity index (χ4v) is 5.84. The Balaban J connectivity index is 1.12. The Kier molecular flexibility index (Phi) is 6.39. The number of rotatable bonds is 6. The van der Waals surface area contributed by atoms with Gasteiger partial charge in [0.25, 0.3) is 0 Å². The second-order valence-electron chi connectivity index (χ2n) is 10.6. The zero-order chi connectivity index (χ0) is 24.5. The first-order chi connectivity index (χ1) is 17.6. The summed E-state index contributed by atoms with van der Waals surface area (Å²) < 4.78 is 0. The molecule has 2 aromatic carbocycles. The Labute approximate surface area is 214 Å². The van der Waals surface area contributed by atoms with Gasteiger partial charge in [-0.15, -0.1) is 0 Å². The zero-order valence-electron chi connectivity index (χ0n) is 21.3. The van der Waals surface area contributed by atoms with Crippen molar-refractivity contribution in [3.05, 3.63) is 107 Å². The molecule has 0 saturated carbocycles. The molecule has 6 rings (SSSR count). The summed E-state index contributed by atoms with van der Waals surface area (Å²) in [4.78, 5) is 14.7. The molecule has 2 saturated heterocycles. The van der Waals surface area contributed by atoms with Crippen molar-refractivity contribution in [2.24, 2.45) is 0 Å². The number of pyridine rings is 2. The molecule has 0 spiro atoms. The van der Waals surface area contributed by atoms with Crippen LogP contribution in [0.15, 0.2) is 85.2 Å². The predicted molar refractivity (Wildman–Crippen MR) is 146 cm³/mol. The lowest BCUT2D eigenvalue weighted by atomic mass is 10.1. The average molecular weight is 475 g/mol. The van der Waals surface area contributed by atoms with Crippen molar-refractivity contribution in [3.63, 3.8) is 0 Å². The van der Waals surface area contributed by atoms with E-state index in [9.17, 15) is 0 Å². The fraction of sp³-hybridized carbons (Fsp3) is 0.312. The molecule has 2 aromatic heterocycles. The number of piperazine rings is 1. The molecule has 2 fully saturated rings. The lowest BCUT2D eigenvalue weighted by Gasteiger charge is -2.41. The molecule has 0 N–H and O–H groups in total. The minimum absolute atomic E-state index is 0.623. The SMILES string of the molecule is Cc1ccc(-c2cc(CN3CC4CCC(C3)N4Cc3ccnc(-c4ccc(C)cc4)c3)ccn2)cc1. The normalized spacial score (nSPS) is 20.1. The molecule has 4 aromatic rings. The topological polar surface area (TPSA) is 32.3 Å². The van der Waals surface area contributed by atoms with Crippen LogP contribution in [0.25, 0.3) is 22.5 Å². The van der Waals surface area contributed by atoms with Crippen molar-refractivity contribution in [3.8, 4) is 22.5 Å². The molecule has 2 atom stereocenters. The van der Waals surface area contributed by atoms with Gasteiger partial charge in [0.1, 0.15) is 0 Å². The number of aromatic nitrogens is 2. The first-order valence-corrected chi connectivity index (χ1v) is 13.1. The van der Waals surface area contributed by atoms with Gasteiger partial charge in [-0.2, -0.15) is 0 Å². The highest BCUT2D eigenvalue weighted by atomic mass is 15.3. The Morgan fingerprint density at radius 1 is 0.639 bits per heavy atom. The van der Waals surface area contributed by atoms with Gasteiger partial charge < -0.3 is 0 Å². The molecule has 4 nitrogen and oxygen atoms in total. The molecule has 4 heterocycles. The van der Waals surface area contributed by atoms with Crippen molar-refractivity contribution in [1.82, 2.24) is 19.8 Å². The van der Waals surface area contributed by atoms with Crippen LogP contribution in [0.5, 0.6) is 0 Å².